The minimum absolute atomic E-state index is 0.335. The van der Waals surface area contributed by atoms with Crippen LogP contribution in [0.1, 0.15) is 29.1 Å². The zero-order valence-corrected chi connectivity index (χ0v) is 18.6. The van der Waals surface area contributed by atoms with Crippen LogP contribution in [0.25, 0.3) is 10.2 Å². The Labute approximate surface area is 187 Å². The summed E-state index contributed by atoms with van der Waals surface area (Å²) in [7, 11) is 0. The number of rotatable bonds is 5. The molecular weight excluding hydrogens is 440 g/mol. The van der Waals surface area contributed by atoms with E-state index in [1.165, 1.54) is 10.4 Å². The van der Waals surface area contributed by atoms with Gasteiger partial charge in [0.1, 0.15) is 22.5 Å². The highest BCUT2D eigenvalue weighted by atomic mass is 35.5. The highest BCUT2D eigenvalue weighted by Crippen LogP contribution is 2.42. The van der Waals surface area contributed by atoms with E-state index >= 15 is 0 Å². The lowest BCUT2D eigenvalue weighted by atomic mass is 10.1. The largest absolute Gasteiger partial charge is 0.391 e. The summed E-state index contributed by atoms with van der Waals surface area (Å²) >= 11 is 9.34. The first-order chi connectivity index (χ1) is 14.5. The molecule has 0 unspecified atom stereocenters. The lowest BCUT2D eigenvalue weighted by Crippen LogP contribution is -2.41. The number of aliphatic hydroxyl groups excluding tert-OH is 1. The highest BCUT2D eigenvalue weighted by Gasteiger charge is 2.38. The van der Waals surface area contributed by atoms with Gasteiger partial charge in [0.25, 0.3) is 0 Å². The van der Waals surface area contributed by atoms with Crippen LogP contribution in [0.5, 0.6) is 0 Å². The van der Waals surface area contributed by atoms with Crippen LogP contribution in [-0.4, -0.2) is 39.7 Å². The van der Waals surface area contributed by atoms with Gasteiger partial charge in [-0.2, -0.15) is 0 Å². The molecule has 5 rings (SSSR count). The molecule has 1 aliphatic heterocycles. The van der Waals surface area contributed by atoms with Crippen molar-refractivity contribution >= 4 is 56.6 Å². The van der Waals surface area contributed by atoms with Gasteiger partial charge in [0.2, 0.25) is 5.91 Å². The summed E-state index contributed by atoms with van der Waals surface area (Å²) in [6.45, 7) is 0.355. The second-order valence-corrected chi connectivity index (χ2v) is 10.3. The average Bonchev–Trinajstić information content (AvgIpc) is 3.41. The van der Waals surface area contributed by atoms with E-state index < -0.39 is 18.1 Å². The number of anilines is 1. The molecular formula is C21H21ClN4O2S2. The summed E-state index contributed by atoms with van der Waals surface area (Å²) < 4.78 is 0. The molecule has 1 amide bonds. The number of benzene rings is 1. The molecule has 1 aromatic carbocycles. The Morgan fingerprint density at radius 1 is 1.30 bits per heavy atom. The fourth-order valence-electron chi connectivity index (χ4n) is 4.29. The average molecular weight is 461 g/mol. The molecule has 2 aliphatic rings. The Kier molecular flexibility index (Phi) is 5.35. The Morgan fingerprint density at radius 3 is 2.87 bits per heavy atom. The van der Waals surface area contributed by atoms with Crippen molar-refractivity contribution < 1.29 is 9.90 Å². The molecule has 3 heterocycles. The minimum Gasteiger partial charge on any atom is -0.391 e. The van der Waals surface area contributed by atoms with Gasteiger partial charge in [-0.15, -0.1) is 23.1 Å². The van der Waals surface area contributed by atoms with Gasteiger partial charge in [-0.25, -0.2) is 9.97 Å². The Morgan fingerprint density at radius 2 is 2.10 bits per heavy atom. The monoisotopic (exact) mass is 460 g/mol. The van der Waals surface area contributed by atoms with Crippen molar-refractivity contribution in [2.75, 3.05) is 11.4 Å². The van der Waals surface area contributed by atoms with Crippen LogP contribution >= 0.6 is 34.7 Å². The Balaban J connectivity index is 1.55. The molecule has 156 valence electrons. The van der Waals surface area contributed by atoms with Gasteiger partial charge in [-0.3, -0.25) is 4.79 Å². The van der Waals surface area contributed by atoms with Crippen LogP contribution in [0, 0.1) is 0 Å². The van der Waals surface area contributed by atoms with E-state index in [0.717, 1.165) is 40.2 Å². The standard InChI is InChI=1S/C21H21ClN4O2S2/c22-11-4-6-13(7-5-11)29-10-17-24-20(26-9-12(27)8-15(26)19(23)28)18-14-2-1-3-16(14)30-21(18)25-17/h4-7,12,15,27H,1-3,8-10H2,(H2,23,28)/t12-,15-/m1/s1. The van der Waals surface area contributed by atoms with Gasteiger partial charge < -0.3 is 15.7 Å². The van der Waals surface area contributed by atoms with Crippen molar-refractivity contribution in [2.45, 2.75) is 48.5 Å². The molecule has 9 heteroatoms. The molecule has 1 aliphatic carbocycles. The Hall–Kier alpha value is -1.87. The number of nitrogens with zero attached hydrogens (tertiary/aromatic N) is 3. The van der Waals surface area contributed by atoms with E-state index in [2.05, 4.69) is 0 Å². The number of fused-ring (bicyclic) bond motifs is 3. The summed E-state index contributed by atoms with van der Waals surface area (Å²) in [5.74, 6) is 1.63. The number of nitrogens with two attached hydrogens (primary N) is 1. The maximum absolute atomic E-state index is 12.1. The van der Waals surface area contributed by atoms with E-state index in [1.807, 2.05) is 29.2 Å². The van der Waals surface area contributed by atoms with Crippen molar-refractivity contribution in [2.24, 2.45) is 5.73 Å². The number of aryl methyl sites for hydroxylation is 2. The molecule has 3 aromatic rings. The summed E-state index contributed by atoms with van der Waals surface area (Å²) in [5.41, 5.74) is 6.96. The van der Waals surface area contributed by atoms with E-state index in [1.54, 1.807) is 23.1 Å². The number of carbonyl (C=O) groups is 1. The summed E-state index contributed by atoms with van der Waals surface area (Å²) in [6, 6.07) is 7.14. The lowest BCUT2D eigenvalue weighted by molar-refractivity contribution is -0.119. The first-order valence-electron chi connectivity index (χ1n) is 9.93. The number of β-amino-alcohol motifs (C(OH)–C–C–N with tert-alkyl or cyclic N) is 1. The third kappa shape index (κ3) is 3.66. The van der Waals surface area contributed by atoms with E-state index in [-0.39, 0.29) is 0 Å². The summed E-state index contributed by atoms with van der Waals surface area (Å²) in [4.78, 5) is 27.1. The maximum atomic E-state index is 12.1. The third-order valence-corrected chi connectivity index (χ3v) is 8.10. The van der Waals surface area contributed by atoms with Crippen LogP contribution in [-0.2, 0) is 23.4 Å². The van der Waals surface area contributed by atoms with Gasteiger partial charge in [0.15, 0.2) is 0 Å². The molecule has 0 bridgehead atoms. The zero-order valence-electron chi connectivity index (χ0n) is 16.2. The van der Waals surface area contributed by atoms with Gasteiger partial charge in [0, 0.05) is 27.8 Å². The van der Waals surface area contributed by atoms with Gasteiger partial charge in [-0.05, 0) is 49.1 Å². The van der Waals surface area contributed by atoms with Crippen molar-refractivity contribution in [3.05, 3.63) is 45.6 Å². The second kappa shape index (κ2) is 8.00. The minimum atomic E-state index is -0.592. The van der Waals surface area contributed by atoms with Crippen molar-refractivity contribution in [1.29, 1.82) is 0 Å². The van der Waals surface area contributed by atoms with E-state index in [9.17, 15) is 9.90 Å². The van der Waals surface area contributed by atoms with Crippen LogP contribution < -0.4 is 10.6 Å². The van der Waals surface area contributed by atoms with Crippen molar-refractivity contribution in [3.63, 3.8) is 0 Å². The lowest BCUT2D eigenvalue weighted by Gasteiger charge is -2.24. The van der Waals surface area contributed by atoms with Crippen molar-refractivity contribution in [1.82, 2.24) is 9.97 Å². The topological polar surface area (TPSA) is 92.3 Å². The van der Waals surface area contributed by atoms with Crippen molar-refractivity contribution in [3.8, 4) is 0 Å². The van der Waals surface area contributed by atoms with Crippen LogP contribution in [0.3, 0.4) is 0 Å². The SMILES string of the molecule is NC(=O)[C@H]1C[C@@H](O)CN1c1nc(CSc2ccc(Cl)cc2)nc2sc3c(c12)CCC3. The summed E-state index contributed by atoms with van der Waals surface area (Å²) in [5, 5.41) is 12.0. The van der Waals surface area contributed by atoms with Crippen LogP contribution in [0.2, 0.25) is 5.02 Å². The number of amides is 1. The quantitative estimate of drug-likeness (QED) is 0.565. The first-order valence-corrected chi connectivity index (χ1v) is 12.1. The number of aliphatic hydroxyl groups is 1. The van der Waals surface area contributed by atoms with Gasteiger partial charge >= 0.3 is 0 Å². The number of primary amides is 1. The number of hydrogen-bond donors (Lipinski definition) is 2. The van der Waals surface area contributed by atoms with Crippen LogP contribution in [0.15, 0.2) is 29.2 Å². The molecule has 1 fully saturated rings. The smallest absolute Gasteiger partial charge is 0.240 e. The van der Waals surface area contributed by atoms with Crippen LogP contribution in [0.4, 0.5) is 5.82 Å². The number of halogens is 1. The summed E-state index contributed by atoms with van der Waals surface area (Å²) in [6.07, 6.45) is 2.94. The maximum Gasteiger partial charge on any atom is 0.240 e. The molecule has 3 N–H and O–H groups in total. The number of thiophene rings is 1. The van der Waals surface area contributed by atoms with Gasteiger partial charge in [0.05, 0.1) is 17.2 Å². The molecule has 0 saturated carbocycles. The second-order valence-electron chi connectivity index (χ2n) is 7.70. The Bertz CT molecular complexity index is 1120. The molecule has 30 heavy (non-hydrogen) atoms. The highest BCUT2D eigenvalue weighted by molar-refractivity contribution is 7.98. The van der Waals surface area contributed by atoms with Gasteiger partial charge in [-0.1, -0.05) is 11.6 Å². The normalized spacial score (nSPS) is 20.8. The fraction of sp³-hybridized carbons (Fsp3) is 0.381. The molecule has 0 radical (unpaired) electrons. The molecule has 1 saturated heterocycles. The van der Waals surface area contributed by atoms with E-state index in [4.69, 9.17) is 27.3 Å². The first kappa shape index (κ1) is 20.1. The number of thioether (sulfide) groups is 1. The number of hydrogen-bond acceptors (Lipinski definition) is 7. The predicted octanol–water partition coefficient (Wildman–Crippen LogP) is 3.55. The molecule has 6 nitrogen and oxygen atoms in total. The molecule has 2 atom stereocenters. The molecule has 2 aromatic heterocycles. The molecule has 0 spiro atoms. The predicted molar refractivity (Wildman–Crippen MR) is 121 cm³/mol. The van der Waals surface area contributed by atoms with E-state index in [0.29, 0.717) is 29.6 Å². The number of aromatic nitrogens is 2. The number of carbonyl (C=O) groups excluding carboxylic acids is 1. The fourth-order valence-corrected chi connectivity index (χ4v) is 6.44. The zero-order chi connectivity index (χ0) is 20.8. The third-order valence-electron chi connectivity index (χ3n) is 5.65.